The van der Waals surface area contributed by atoms with Crippen LogP contribution in [0.3, 0.4) is 0 Å². The summed E-state index contributed by atoms with van der Waals surface area (Å²) in [6.45, 7) is 3.39. The second kappa shape index (κ2) is 5.05. The third kappa shape index (κ3) is 2.78. The smallest absolute Gasteiger partial charge is 0.307 e. The van der Waals surface area contributed by atoms with Crippen molar-refractivity contribution >= 4 is 5.97 Å². The molecule has 0 aliphatic rings. The molecule has 0 spiro atoms. The van der Waals surface area contributed by atoms with E-state index in [2.05, 4.69) is 0 Å². The summed E-state index contributed by atoms with van der Waals surface area (Å²) in [7, 11) is 0. The van der Waals surface area contributed by atoms with E-state index in [0.717, 1.165) is 5.56 Å². The number of benzene rings is 1. The monoisotopic (exact) mass is 228 g/mol. The minimum absolute atomic E-state index is 0.0596. The molecule has 0 amide bonds. The van der Waals surface area contributed by atoms with E-state index in [1.54, 1.807) is 13.0 Å². The summed E-state index contributed by atoms with van der Waals surface area (Å²) in [4.78, 5) is 10.6. The van der Waals surface area contributed by atoms with Crippen LogP contribution in [0.4, 0.5) is 8.78 Å². The van der Waals surface area contributed by atoms with Crippen LogP contribution in [0.25, 0.3) is 0 Å². The molecule has 0 aliphatic heterocycles. The number of carbonyl (C=O) groups is 1. The molecule has 0 heterocycles. The summed E-state index contributed by atoms with van der Waals surface area (Å²) in [5.41, 5.74) is 1.55. The number of aryl methyl sites for hydroxylation is 1. The molecule has 0 radical (unpaired) electrons. The number of aliphatic carboxylic acids is 1. The highest BCUT2D eigenvalue weighted by molar-refractivity contribution is 5.71. The number of carboxylic acids is 1. The molecule has 1 aromatic carbocycles. The van der Waals surface area contributed by atoms with E-state index in [1.165, 1.54) is 6.07 Å². The fourth-order valence-corrected chi connectivity index (χ4v) is 1.64. The summed E-state index contributed by atoms with van der Waals surface area (Å²) in [6.07, 6.45) is -2.15. The standard InChI is InChI=1S/C12H14F2O2/c1-3-8-4-9(6-11(15)16)7(2)10(5-8)12(13)14/h4-5,12H,3,6H2,1-2H3,(H,15,16). The quantitative estimate of drug-likeness (QED) is 0.859. The lowest BCUT2D eigenvalue weighted by Gasteiger charge is -2.12. The molecule has 0 saturated heterocycles. The van der Waals surface area contributed by atoms with Gasteiger partial charge in [0, 0.05) is 5.56 Å². The molecule has 4 heteroatoms. The summed E-state index contributed by atoms with van der Waals surface area (Å²) < 4.78 is 25.4. The molecule has 16 heavy (non-hydrogen) atoms. The molecule has 0 unspecified atom stereocenters. The highest BCUT2D eigenvalue weighted by atomic mass is 19.3. The van der Waals surface area contributed by atoms with Crippen LogP contribution in [0, 0.1) is 6.92 Å². The van der Waals surface area contributed by atoms with Gasteiger partial charge in [-0.3, -0.25) is 4.79 Å². The van der Waals surface area contributed by atoms with Gasteiger partial charge in [0.2, 0.25) is 0 Å². The van der Waals surface area contributed by atoms with E-state index in [0.29, 0.717) is 17.5 Å². The van der Waals surface area contributed by atoms with Gasteiger partial charge in [-0.2, -0.15) is 0 Å². The van der Waals surface area contributed by atoms with Gasteiger partial charge >= 0.3 is 5.97 Å². The van der Waals surface area contributed by atoms with Crippen molar-refractivity contribution < 1.29 is 18.7 Å². The second-order valence-corrected chi connectivity index (χ2v) is 3.69. The zero-order valence-corrected chi connectivity index (χ0v) is 9.26. The lowest BCUT2D eigenvalue weighted by Crippen LogP contribution is -2.05. The Morgan fingerprint density at radius 3 is 2.50 bits per heavy atom. The number of halogens is 2. The summed E-state index contributed by atoms with van der Waals surface area (Å²) in [5, 5.41) is 8.70. The van der Waals surface area contributed by atoms with Crippen LogP contribution in [0.1, 0.15) is 35.6 Å². The fourth-order valence-electron chi connectivity index (χ4n) is 1.64. The summed E-state index contributed by atoms with van der Waals surface area (Å²) in [5.74, 6) is -1.00. The molecule has 1 N–H and O–H groups in total. The van der Waals surface area contributed by atoms with Gasteiger partial charge in [0.1, 0.15) is 0 Å². The largest absolute Gasteiger partial charge is 0.481 e. The number of alkyl halides is 2. The maximum Gasteiger partial charge on any atom is 0.307 e. The molecule has 2 nitrogen and oxygen atoms in total. The number of rotatable bonds is 4. The minimum Gasteiger partial charge on any atom is -0.481 e. The first-order valence-corrected chi connectivity index (χ1v) is 5.08. The highest BCUT2D eigenvalue weighted by Gasteiger charge is 2.15. The molecule has 0 bridgehead atoms. The first-order valence-electron chi connectivity index (χ1n) is 5.08. The van der Waals surface area contributed by atoms with Crippen molar-refractivity contribution in [3.8, 4) is 0 Å². The normalized spacial score (nSPS) is 10.8. The molecule has 0 atom stereocenters. The van der Waals surface area contributed by atoms with Gasteiger partial charge in [-0.25, -0.2) is 8.78 Å². The van der Waals surface area contributed by atoms with Crippen LogP contribution in [0.5, 0.6) is 0 Å². The molecule has 0 aromatic heterocycles. The number of hydrogen-bond donors (Lipinski definition) is 1. The molecule has 0 aliphatic carbocycles. The van der Waals surface area contributed by atoms with Crippen LogP contribution in [-0.4, -0.2) is 11.1 Å². The Balaban J connectivity index is 3.25. The third-order valence-corrected chi connectivity index (χ3v) is 2.60. The maximum atomic E-state index is 12.7. The van der Waals surface area contributed by atoms with Gasteiger partial charge in [-0.05, 0) is 36.1 Å². The average molecular weight is 228 g/mol. The van der Waals surface area contributed by atoms with E-state index in [-0.39, 0.29) is 12.0 Å². The highest BCUT2D eigenvalue weighted by Crippen LogP contribution is 2.27. The van der Waals surface area contributed by atoms with Crippen molar-refractivity contribution in [1.82, 2.24) is 0 Å². The van der Waals surface area contributed by atoms with E-state index in [1.807, 2.05) is 6.92 Å². The molecule has 1 aromatic rings. The van der Waals surface area contributed by atoms with Crippen LogP contribution in [0.2, 0.25) is 0 Å². The molecular weight excluding hydrogens is 214 g/mol. The van der Waals surface area contributed by atoms with Gasteiger partial charge in [0.15, 0.2) is 0 Å². The molecule has 1 rings (SSSR count). The summed E-state index contributed by atoms with van der Waals surface area (Å²) >= 11 is 0. The van der Waals surface area contributed by atoms with Crippen molar-refractivity contribution in [2.45, 2.75) is 33.1 Å². The van der Waals surface area contributed by atoms with Gasteiger partial charge in [-0.15, -0.1) is 0 Å². The fraction of sp³-hybridized carbons (Fsp3) is 0.417. The first-order chi connectivity index (χ1) is 7.45. The van der Waals surface area contributed by atoms with Crippen molar-refractivity contribution in [1.29, 1.82) is 0 Å². The van der Waals surface area contributed by atoms with E-state index < -0.39 is 12.4 Å². The predicted octanol–water partition coefficient (Wildman–Crippen LogP) is 3.12. The first kappa shape index (κ1) is 12.6. The molecule has 0 fully saturated rings. The Morgan fingerprint density at radius 1 is 1.44 bits per heavy atom. The zero-order chi connectivity index (χ0) is 12.3. The van der Waals surface area contributed by atoms with Crippen molar-refractivity contribution in [2.24, 2.45) is 0 Å². The second-order valence-electron chi connectivity index (χ2n) is 3.69. The van der Waals surface area contributed by atoms with Crippen LogP contribution in [-0.2, 0) is 17.6 Å². The van der Waals surface area contributed by atoms with Crippen molar-refractivity contribution in [3.63, 3.8) is 0 Å². The van der Waals surface area contributed by atoms with E-state index >= 15 is 0 Å². The lowest BCUT2D eigenvalue weighted by atomic mass is 9.96. The number of hydrogen-bond acceptors (Lipinski definition) is 1. The van der Waals surface area contributed by atoms with Gasteiger partial charge in [-0.1, -0.05) is 13.0 Å². The van der Waals surface area contributed by atoms with Crippen LogP contribution in [0.15, 0.2) is 12.1 Å². The Morgan fingerprint density at radius 2 is 2.06 bits per heavy atom. The number of carboxylic acid groups (broad SMARTS) is 1. The predicted molar refractivity (Wildman–Crippen MR) is 56.9 cm³/mol. The van der Waals surface area contributed by atoms with Gasteiger partial charge < -0.3 is 5.11 Å². The Hall–Kier alpha value is -1.45. The minimum atomic E-state index is -2.56. The molecule has 0 saturated carbocycles. The van der Waals surface area contributed by atoms with Crippen LogP contribution >= 0.6 is 0 Å². The van der Waals surface area contributed by atoms with Gasteiger partial charge in [0.05, 0.1) is 6.42 Å². The average Bonchev–Trinajstić information content (AvgIpc) is 2.19. The Labute approximate surface area is 92.9 Å². The summed E-state index contributed by atoms with van der Waals surface area (Å²) in [6, 6.07) is 3.14. The zero-order valence-electron chi connectivity index (χ0n) is 9.26. The van der Waals surface area contributed by atoms with Crippen molar-refractivity contribution in [2.75, 3.05) is 0 Å². The van der Waals surface area contributed by atoms with Gasteiger partial charge in [0.25, 0.3) is 6.43 Å². The van der Waals surface area contributed by atoms with E-state index in [4.69, 9.17) is 5.11 Å². The molecule has 88 valence electrons. The van der Waals surface area contributed by atoms with E-state index in [9.17, 15) is 13.6 Å². The lowest BCUT2D eigenvalue weighted by molar-refractivity contribution is -0.136. The van der Waals surface area contributed by atoms with Crippen molar-refractivity contribution in [3.05, 3.63) is 34.4 Å². The Bertz CT molecular complexity index is 400. The maximum absolute atomic E-state index is 12.7. The SMILES string of the molecule is CCc1cc(CC(=O)O)c(C)c(C(F)F)c1. The van der Waals surface area contributed by atoms with Crippen LogP contribution < -0.4 is 0 Å². The topological polar surface area (TPSA) is 37.3 Å². The molecular formula is C12H14F2O2. The third-order valence-electron chi connectivity index (χ3n) is 2.60. The Kier molecular flexibility index (Phi) is 3.99.